The summed E-state index contributed by atoms with van der Waals surface area (Å²) in [6.07, 6.45) is 4.42. The predicted molar refractivity (Wildman–Crippen MR) is 81.8 cm³/mol. The number of benzene rings is 1. The van der Waals surface area contributed by atoms with Gasteiger partial charge in [0.25, 0.3) is 0 Å². The molecule has 0 heterocycles. The molecule has 1 aliphatic carbocycles. The van der Waals surface area contributed by atoms with E-state index < -0.39 is 0 Å². The van der Waals surface area contributed by atoms with E-state index in [-0.39, 0.29) is 18.8 Å². The van der Waals surface area contributed by atoms with Gasteiger partial charge in [0.15, 0.2) is 6.61 Å². The van der Waals surface area contributed by atoms with E-state index in [1.54, 1.807) is 0 Å². The maximum absolute atomic E-state index is 9.73. The van der Waals surface area contributed by atoms with Gasteiger partial charge in [0.2, 0.25) is 0 Å². The molecule has 2 N–H and O–H groups in total. The van der Waals surface area contributed by atoms with E-state index in [2.05, 4.69) is 12.2 Å². The van der Waals surface area contributed by atoms with Crippen molar-refractivity contribution in [1.82, 2.24) is 5.32 Å². The van der Waals surface area contributed by atoms with Crippen LogP contribution in [0, 0.1) is 17.2 Å². The SMILES string of the molecule is CC1CCC(CO)(NCc2ccc(OCC#N)cc2)CC1. The molecule has 0 unspecified atom stereocenters. The van der Waals surface area contributed by atoms with Crippen molar-refractivity contribution in [1.29, 1.82) is 5.26 Å². The van der Waals surface area contributed by atoms with Crippen molar-refractivity contribution < 1.29 is 9.84 Å². The van der Waals surface area contributed by atoms with Gasteiger partial charge in [-0.15, -0.1) is 0 Å². The minimum atomic E-state index is -0.123. The molecule has 0 bridgehead atoms. The summed E-state index contributed by atoms with van der Waals surface area (Å²) in [5, 5.41) is 21.8. The average Bonchev–Trinajstić information content (AvgIpc) is 2.54. The van der Waals surface area contributed by atoms with E-state index in [4.69, 9.17) is 10.00 Å². The number of aliphatic hydroxyl groups is 1. The van der Waals surface area contributed by atoms with Crippen LogP contribution in [0.1, 0.15) is 38.2 Å². The minimum Gasteiger partial charge on any atom is -0.479 e. The summed E-state index contributed by atoms with van der Waals surface area (Å²) in [7, 11) is 0. The highest BCUT2D eigenvalue weighted by Gasteiger charge is 2.32. The highest BCUT2D eigenvalue weighted by Crippen LogP contribution is 2.31. The zero-order valence-corrected chi connectivity index (χ0v) is 12.6. The molecule has 114 valence electrons. The molecule has 0 saturated heterocycles. The van der Waals surface area contributed by atoms with E-state index in [1.807, 2.05) is 30.3 Å². The number of hydrogen-bond donors (Lipinski definition) is 2. The second-order valence-electron chi connectivity index (χ2n) is 6.07. The summed E-state index contributed by atoms with van der Waals surface area (Å²) < 4.78 is 5.24. The zero-order chi connectivity index (χ0) is 15.1. The van der Waals surface area contributed by atoms with Crippen molar-refractivity contribution in [3.05, 3.63) is 29.8 Å². The van der Waals surface area contributed by atoms with Crippen molar-refractivity contribution in [3.63, 3.8) is 0 Å². The number of nitrogens with one attached hydrogen (secondary N) is 1. The van der Waals surface area contributed by atoms with Gasteiger partial charge in [-0.05, 0) is 49.3 Å². The van der Waals surface area contributed by atoms with E-state index in [1.165, 1.54) is 12.8 Å². The van der Waals surface area contributed by atoms with Gasteiger partial charge in [-0.3, -0.25) is 0 Å². The second-order valence-corrected chi connectivity index (χ2v) is 6.07. The van der Waals surface area contributed by atoms with Crippen molar-refractivity contribution in [3.8, 4) is 11.8 Å². The number of rotatable bonds is 6. The van der Waals surface area contributed by atoms with Crippen LogP contribution in [0.4, 0.5) is 0 Å². The van der Waals surface area contributed by atoms with Crippen LogP contribution >= 0.6 is 0 Å². The molecule has 21 heavy (non-hydrogen) atoms. The van der Waals surface area contributed by atoms with Crippen molar-refractivity contribution in [2.45, 2.75) is 44.7 Å². The first kappa shape index (κ1) is 15.8. The van der Waals surface area contributed by atoms with Crippen LogP contribution in [0.2, 0.25) is 0 Å². The Labute approximate surface area is 126 Å². The maximum Gasteiger partial charge on any atom is 0.174 e. The van der Waals surface area contributed by atoms with Crippen LogP contribution in [0.15, 0.2) is 24.3 Å². The van der Waals surface area contributed by atoms with Crippen LogP contribution in [0.3, 0.4) is 0 Å². The lowest BCUT2D eigenvalue weighted by atomic mass is 9.77. The topological polar surface area (TPSA) is 65.3 Å². The van der Waals surface area contributed by atoms with Gasteiger partial charge in [-0.2, -0.15) is 5.26 Å². The third kappa shape index (κ3) is 4.45. The Morgan fingerprint density at radius 1 is 1.33 bits per heavy atom. The van der Waals surface area contributed by atoms with E-state index in [0.29, 0.717) is 5.75 Å². The first-order chi connectivity index (χ1) is 10.2. The molecule has 0 aliphatic heterocycles. The van der Waals surface area contributed by atoms with E-state index in [0.717, 1.165) is 30.9 Å². The lowest BCUT2D eigenvalue weighted by Crippen LogP contribution is -2.50. The third-order valence-electron chi connectivity index (χ3n) is 4.43. The Morgan fingerprint density at radius 2 is 2.00 bits per heavy atom. The molecule has 1 aliphatic rings. The van der Waals surface area contributed by atoms with Gasteiger partial charge in [-0.25, -0.2) is 0 Å². The van der Waals surface area contributed by atoms with Gasteiger partial charge in [0, 0.05) is 12.1 Å². The Bertz CT molecular complexity index is 471. The molecule has 4 nitrogen and oxygen atoms in total. The fourth-order valence-corrected chi connectivity index (χ4v) is 2.81. The number of nitriles is 1. The van der Waals surface area contributed by atoms with Gasteiger partial charge in [0.05, 0.1) is 6.61 Å². The van der Waals surface area contributed by atoms with Gasteiger partial charge < -0.3 is 15.2 Å². The Balaban J connectivity index is 1.88. The summed E-state index contributed by atoms with van der Waals surface area (Å²) in [5.74, 6) is 1.48. The zero-order valence-electron chi connectivity index (χ0n) is 12.6. The highest BCUT2D eigenvalue weighted by atomic mass is 16.5. The molecular formula is C17H24N2O2. The Kier molecular flexibility index (Phi) is 5.60. The van der Waals surface area contributed by atoms with Crippen LogP contribution in [-0.4, -0.2) is 23.9 Å². The maximum atomic E-state index is 9.73. The highest BCUT2D eigenvalue weighted by molar-refractivity contribution is 5.27. The third-order valence-corrected chi connectivity index (χ3v) is 4.43. The summed E-state index contributed by atoms with van der Waals surface area (Å²) in [4.78, 5) is 0. The molecule has 1 aromatic carbocycles. The molecule has 1 saturated carbocycles. The monoisotopic (exact) mass is 288 g/mol. The van der Waals surface area contributed by atoms with Crippen molar-refractivity contribution in [2.75, 3.05) is 13.2 Å². The largest absolute Gasteiger partial charge is 0.479 e. The molecule has 0 amide bonds. The van der Waals surface area contributed by atoms with Crippen LogP contribution < -0.4 is 10.1 Å². The van der Waals surface area contributed by atoms with Crippen LogP contribution in [-0.2, 0) is 6.54 Å². The summed E-state index contributed by atoms with van der Waals surface area (Å²) in [6.45, 7) is 3.29. The van der Waals surface area contributed by atoms with Gasteiger partial charge >= 0.3 is 0 Å². The van der Waals surface area contributed by atoms with Crippen LogP contribution in [0.25, 0.3) is 0 Å². The fourth-order valence-electron chi connectivity index (χ4n) is 2.81. The number of ether oxygens (including phenoxy) is 1. The Hall–Kier alpha value is -1.57. The fraction of sp³-hybridized carbons (Fsp3) is 0.588. The summed E-state index contributed by atoms with van der Waals surface area (Å²) in [5.41, 5.74) is 1.04. The van der Waals surface area contributed by atoms with Crippen molar-refractivity contribution in [2.24, 2.45) is 5.92 Å². The minimum absolute atomic E-state index is 0.0728. The molecule has 4 heteroatoms. The van der Waals surface area contributed by atoms with E-state index in [9.17, 15) is 5.11 Å². The number of hydrogen-bond acceptors (Lipinski definition) is 4. The lowest BCUT2D eigenvalue weighted by Gasteiger charge is -2.39. The average molecular weight is 288 g/mol. The number of nitrogens with zero attached hydrogens (tertiary/aromatic N) is 1. The predicted octanol–water partition coefficient (Wildman–Crippen LogP) is 2.62. The molecular weight excluding hydrogens is 264 g/mol. The standard InChI is InChI=1S/C17H24N2O2/c1-14-6-8-17(13-20,9-7-14)19-12-15-2-4-16(5-3-15)21-11-10-18/h2-5,14,19-20H,6-9,11-13H2,1H3. The molecule has 2 rings (SSSR count). The molecule has 1 aromatic rings. The summed E-state index contributed by atoms with van der Waals surface area (Å²) >= 11 is 0. The smallest absolute Gasteiger partial charge is 0.174 e. The first-order valence-electron chi connectivity index (χ1n) is 7.62. The number of aliphatic hydroxyl groups excluding tert-OH is 1. The lowest BCUT2D eigenvalue weighted by molar-refractivity contribution is 0.104. The second kappa shape index (κ2) is 7.44. The first-order valence-corrected chi connectivity index (χ1v) is 7.62. The van der Waals surface area contributed by atoms with Crippen LogP contribution in [0.5, 0.6) is 5.75 Å². The van der Waals surface area contributed by atoms with E-state index >= 15 is 0 Å². The Morgan fingerprint density at radius 3 is 2.57 bits per heavy atom. The molecule has 0 atom stereocenters. The molecule has 0 spiro atoms. The summed E-state index contributed by atoms with van der Waals surface area (Å²) in [6, 6.07) is 9.70. The van der Waals surface area contributed by atoms with Crippen molar-refractivity contribution >= 4 is 0 Å². The molecule has 0 radical (unpaired) electrons. The quantitative estimate of drug-likeness (QED) is 0.844. The van der Waals surface area contributed by atoms with Gasteiger partial charge in [-0.1, -0.05) is 19.1 Å². The van der Waals surface area contributed by atoms with Gasteiger partial charge in [0.1, 0.15) is 11.8 Å². The normalized spacial score (nSPS) is 25.3. The molecule has 1 fully saturated rings. The molecule has 0 aromatic heterocycles.